The Hall–Kier alpha value is -3.49. The number of carbonyl (C=O) groups is 1. The van der Waals surface area contributed by atoms with Crippen LogP contribution in [0.25, 0.3) is 16.7 Å². The fourth-order valence-electron chi connectivity index (χ4n) is 3.45. The molecule has 9 nitrogen and oxygen atoms in total. The number of fused-ring (bicyclic) bond motifs is 1. The molecule has 0 radical (unpaired) electrons. The van der Waals surface area contributed by atoms with Crippen molar-refractivity contribution in [1.29, 1.82) is 0 Å². The summed E-state index contributed by atoms with van der Waals surface area (Å²) in [5.41, 5.74) is 4.19. The zero-order valence-corrected chi connectivity index (χ0v) is 18.0. The molecule has 31 heavy (non-hydrogen) atoms. The average Bonchev–Trinajstić information content (AvgIpc) is 3.19. The normalized spacial score (nSPS) is 15.5. The highest BCUT2D eigenvalue weighted by molar-refractivity contribution is 5.87. The number of amides is 1. The van der Waals surface area contributed by atoms with Gasteiger partial charge in [-0.05, 0) is 51.7 Å². The average molecular weight is 422 g/mol. The molecule has 0 aliphatic carbocycles. The Kier molecular flexibility index (Phi) is 5.83. The third-order valence-electron chi connectivity index (χ3n) is 5.01. The SMILES string of the molecule is CC(C)(C)OC(=O)N1CCC(/C=N\Nc2ncnc3c2cnn3-c2ccccc2)CC1. The third-order valence-corrected chi connectivity index (χ3v) is 5.01. The van der Waals surface area contributed by atoms with Crippen molar-refractivity contribution >= 4 is 29.2 Å². The zero-order chi connectivity index (χ0) is 21.8. The van der Waals surface area contributed by atoms with Crippen molar-refractivity contribution in [3.63, 3.8) is 0 Å². The number of rotatable bonds is 4. The molecule has 1 aliphatic heterocycles. The Morgan fingerprint density at radius 3 is 2.65 bits per heavy atom. The van der Waals surface area contributed by atoms with E-state index >= 15 is 0 Å². The lowest BCUT2D eigenvalue weighted by molar-refractivity contribution is 0.0203. The number of piperidine rings is 1. The van der Waals surface area contributed by atoms with E-state index in [4.69, 9.17) is 4.74 Å². The van der Waals surface area contributed by atoms with Crippen molar-refractivity contribution in [2.45, 2.75) is 39.2 Å². The molecule has 1 aliphatic rings. The van der Waals surface area contributed by atoms with E-state index in [1.807, 2.05) is 57.3 Å². The first kappa shape index (κ1) is 20.8. The van der Waals surface area contributed by atoms with Crippen molar-refractivity contribution in [1.82, 2.24) is 24.6 Å². The molecule has 1 fully saturated rings. The standard InChI is InChI=1S/C22H27N7O2/c1-22(2,3)31-21(30)28-11-9-16(10-12-28)13-25-27-19-18-14-26-29(20(18)24-15-23-19)17-7-5-4-6-8-17/h4-8,13-16H,9-12H2,1-3H3,(H,23,24,27)/b25-13-. The highest BCUT2D eigenvalue weighted by Gasteiger charge is 2.26. The molecule has 1 N–H and O–H groups in total. The van der Waals surface area contributed by atoms with Crippen molar-refractivity contribution in [3.8, 4) is 5.69 Å². The summed E-state index contributed by atoms with van der Waals surface area (Å²) in [5.74, 6) is 0.894. The van der Waals surface area contributed by atoms with Crippen LogP contribution in [0.3, 0.4) is 0 Å². The van der Waals surface area contributed by atoms with Crippen molar-refractivity contribution < 1.29 is 9.53 Å². The predicted molar refractivity (Wildman–Crippen MR) is 119 cm³/mol. The lowest BCUT2D eigenvalue weighted by Gasteiger charge is -2.32. The van der Waals surface area contributed by atoms with E-state index < -0.39 is 5.60 Å². The van der Waals surface area contributed by atoms with Crippen LogP contribution in [0.4, 0.5) is 10.6 Å². The number of hydrogen-bond acceptors (Lipinski definition) is 7. The van der Waals surface area contributed by atoms with Gasteiger partial charge in [-0.3, -0.25) is 5.43 Å². The molecule has 4 rings (SSSR count). The fourth-order valence-corrected chi connectivity index (χ4v) is 3.45. The summed E-state index contributed by atoms with van der Waals surface area (Å²) in [6, 6.07) is 9.83. The second kappa shape index (κ2) is 8.71. The summed E-state index contributed by atoms with van der Waals surface area (Å²) in [5, 5.41) is 9.63. The Bertz CT molecular complexity index is 1060. The van der Waals surface area contributed by atoms with Gasteiger partial charge < -0.3 is 9.64 Å². The maximum absolute atomic E-state index is 12.2. The first-order valence-electron chi connectivity index (χ1n) is 10.4. The molecule has 0 bridgehead atoms. The van der Waals surface area contributed by atoms with E-state index in [2.05, 4.69) is 25.6 Å². The van der Waals surface area contributed by atoms with E-state index in [1.165, 1.54) is 6.33 Å². The van der Waals surface area contributed by atoms with Gasteiger partial charge in [0.25, 0.3) is 0 Å². The van der Waals surface area contributed by atoms with E-state index in [0.717, 1.165) is 23.9 Å². The fraction of sp³-hybridized carbons (Fsp3) is 0.409. The largest absolute Gasteiger partial charge is 0.444 e. The minimum absolute atomic E-state index is 0.250. The summed E-state index contributed by atoms with van der Waals surface area (Å²) < 4.78 is 7.22. The molecule has 2 aromatic heterocycles. The van der Waals surface area contributed by atoms with Crippen molar-refractivity contribution in [2.75, 3.05) is 18.5 Å². The molecule has 0 unspecified atom stereocenters. The number of nitrogens with zero attached hydrogens (tertiary/aromatic N) is 6. The summed E-state index contributed by atoms with van der Waals surface area (Å²) in [6.07, 6.45) is 6.56. The molecule has 0 atom stereocenters. The Balaban J connectivity index is 1.37. The van der Waals surface area contributed by atoms with E-state index in [0.29, 0.717) is 24.6 Å². The Morgan fingerprint density at radius 1 is 1.19 bits per heavy atom. The Morgan fingerprint density at radius 2 is 1.94 bits per heavy atom. The van der Waals surface area contributed by atoms with Crippen LogP contribution >= 0.6 is 0 Å². The summed E-state index contributed by atoms with van der Waals surface area (Å²) in [7, 11) is 0. The van der Waals surface area contributed by atoms with Crippen LogP contribution in [-0.4, -0.2) is 55.6 Å². The Labute approximate surface area is 181 Å². The number of hydrogen-bond donors (Lipinski definition) is 1. The van der Waals surface area contributed by atoms with Gasteiger partial charge in [-0.1, -0.05) is 18.2 Å². The molecule has 1 saturated heterocycles. The van der Waals surface area contributed by atoms with Gasteiger partial charge in [0.1, 0.15) is 11.9 Å². The van der Waals surface area contributed by atoms with Crippen molar-refractivity contribution in [2.24, 2.45) is 11.0 Å². The van der Waals surface area contributed by atoms with E-state index in [-0.39, 0.29) is 12.0 Å². The number of para-hydroxylation sites is 1. The maximum atomic E-state index is 12.2. The first-order chi connectivity index (χ1) is 14.9. The number of ether oxygens (including phenoxy) is 1. The second-order valence-electron chi connectivity index (χ2n) is 8.55. The van der Waals surface area contributed by atoms with Gasteiger partial charge in [-0.2, -0.15) is 10.2 Å². The number of likely N-dealkylation sites (tertiary alicyclic amines) is 1. The topological polar surface area (TPSA) is 97.5 Å². The van der Waals surface area contributed by atoms with Crippen molar-refractivity contribution in [3.05, 3.63) is 42.9 Å². The van der Waals surface area contributed by atoms with Gasteiger partial charge in [0.15, 0.2) is 11.5 Å². The van der Waals surface area contributed by atoms with Gasteiger partial charge in [0.2, 0.25) is 0 Å². The molecule has 0 saturated carbocycles. The minimum Gasteiger partial charge on any atom is -0.444 e. The lowest BCUT2D eigenvalue weighted by atomic mass is 9.99. The van der Waals surface area contributed by atoms with Gasteiger partial charge in [0.05, 0.1) is 17.3 Å². The maximum Gasteiger partial charge on any atom is 0.410 e. The number of benzene rings is 1. The summed E-state index contributed by atoms with van der Waals surface area (Å²) >= 11 is 0. The highest BCUT2D eigenvalue weighted by Crippen LogP contribution is 2.22. The monoisotopic (exact) mass is 421 g/mol. The molecule has 3 heterocycles. The van der Waals surface area contributed by atoms with Crippen LogP contribution in [0, 0.1) is 5.92 Å². The summed E-state index contributed by atoms with van der Waals surface area (Å²) in [6.45, 7) is 6.96. The van der Waals surface area contributed by atoms with Crippen LogP contribution in [0.1, 0.15) is 33.6 Å². The smallest absolute Gasteiger partial charge is 0.410 e. The van der Waals surface area contributed by atoms with E-state index in [1.54, 1.807) is 15.8 Å². The summed E-state index contributed by atoms with van der Waals surface area (Å²) in [4.78, 5) is 22.6. The zero-order valence-electron chi connectivity index (χ0n) is 18.0. The molecular weight excluding hydrogens is 394 g/mol. The minimum atomic E-state index is -0.476. The van der Waals surface area contributed by atoms with E-state index in [9.17, 15) is 4.79 Å². The number of nitrogens with one attached hydrogen (secondary N) is 1. The third kappa shape index (κ3) is 4.99. The van der Waals surface area contributed by atoms with Gasteiger partial charge in [-0.25, -0.2) is 19.4 Å². The first-order valence-corrected chi connectivity index (χ1v) is 10.4. The van der Waals surface area contributed by atoms with Crippen LogP contribution in [0.2, 0.25) is 0 Å². The number of hydrazone groups is 1. The molecule has 3 aromatic rings. The number of anilines is 1. The van der Waals surface area contributed by atoms with Gasteiger partial charge in [0, 0.05) is 19.3 Å². The van der Waals surface area contributed by atoms with Gasteiger partial charge in [-0.15, -0.1) is 0 Å². The van der Waals surface area contributed by atoms with Crippen LogP contribution in [-0.2, 0) is 4.74 Å². The van der Waals surface area contributed by atoms with Crippen LogP contribution in [0.15, 0.2) is 48.0 Å². The molecule has 9 heteroatoms. The van der Waals surface area contributed by atoms with Crippen LogP contribution in [0.5, 0.6) is 0 Å². The van der Waals surface area contributed by atoms with Gasteiger partial charge >= 0.3 is 6.09 Å². The number of carbonyl (C=O) groups excluding carboxylic acids is 1. The molecule has 1 amide bonds. The predicted octanol–water partition coefficient (Wildman–Crippen LogP) is 3.86. The highest BCUT2D eigenvalue weighted by atomic mass is 16.6. The lowest BCUT2D eigenvalue weighted by Crippen LogP contribution is -2.42. The molecule has 162 valence electrons. The quantitative estimate of drug-likeness (QED) is 0.507. The molecular formula is C22H27N7O2. The molecule has 0 spiro atoms. The number of aromatic nitrogens is 4. The molecule has 1 aromatic carbocycles. The van der Waals surface area contributed by atoms with Crippen LogP contribution < -0.4 is 5.43 Å². The second-order valence-corrected chi connectivity index (χ2v) is 8.55.